The van der Waals surface area contributed by atoms with Crippen molar-refractivity contribution in [2.75, 3.05) is 0 Å². The van der Waals surface area contributed by atoms with E-state index in [0.717, 1.165) is 0 Å². The highest BCUT2D eigenvalue weighted by molar-refractivity contribution is 5.78. The summed E-state index contributed by atoms with van der Waals surface area (Å²) < 4.78 is 2.22. The van der Waals surface area contributed by atoms with Crippen molar-refractivity contribution < 1.29 is 0 Å². The molecule has 1 aromatic carbocycles. The second-order valence-electron chi connectivity index (χ2n) is 6.88. The van der Waals surface area contributed by atoms with Gasteiger partial charge in [-0.2, -0.15) is 0 Å². The summed E-state index contributed by atoms with van der Waals surface area (Å²) in [5.74, 6) is 0.707. The molecule has 0 spiro atoms. The number of hydrogen-bond acceptors (Lipinski definition) is 2. The Bertz CT molecular complexity index is 604. The highest BCUT2D eigenvalue weighted by Crippen LogP contribution is 2.37. The third kappa shape index (κ3) is 2.47. The van der Waals surface area contributed by atoms with Gasteiger partial charge in [0.05, 0.1) is 11.6 Å². The summed E-state index contributed by atoms with van der Waals surface area (Å²) in [7, 11) is 0. The van der Waals surface area contributed by atoms with Gasteiger partial charge < -0.3 is 0 Å². The molecule has 0 atom stereocenters. The van der Waals surface area contributed by atoms with Crippen LogP contribution < -0.4 is 0 Å². The van der Waals surface area contributed by atoms with Crippen LogP contribution in [-0.2, 0) is 0 Å². The Labute approximate surface area is 126 Å². The monoisotopic (exact) mass is 283 g/mol. The van der Waals surface area contributed by atoms with Crippen LogP contribution in [0.15, 0.2) is 18.2 Å². The molecule has 0 radical (unpaired) electrons. The van der Waals surface area contributed by atoms with Crippen LogP contribution in [0, 0.1) is 0 Å². The van der Waals surface area contributed by atoms with Crippen molar-refractivity contribution >= 4 is 11.0 Å². The van der Waals surface area contributed by atoms with Crippen LogP contribution in [0.2, 0.25) is 0 Å². The van der Waals surface area contributed by atoms with E-state index in [2.05, 4.69) is 33.2 Å². The van der Waals surface area contributed by atoms with Gasteiger partial charge in [0.15, 0.2) is 0 Å². The summed E-state index contributed by atoms with van der Waals surface area (Å²) in [4.78, 5) is 0. The molecule has 0 unspecified atom stereocenters. The molecule has 2 fully saturated rings. The summed E-state index contributed by atoms with van der Waals surface area (Å²) >= 11 is 0. The second-order valence-corrected chi connectivity index (χ2v) is 6.88. The number of fused-ring (bicyclic) bond motifs is 1. The van der Waals surface area contributed by atoms with E-state index in [9.17, 15) is 0 Å². The van der Waals surface area contributed by atoms with Gasteiger partial charge in [-0.25, -0.2) is 4.68 Å². The lowest BCUT2D eigenvalue weighted by molar-refractivity contribution is 0.331. The van der Waals surface area contributed by atoms with E-state index < -0.39 is 0 Å². The highest BCUT2D eigenvalue weighted by Gasteiger charge is 2.23. The third-order valence-electron chi connectivity index (χ3n) is 5.50. The largest absolute Gasteiger partial charge is 0.242 e. The summed E-state index contributed by atoms with van der Waals surface area (Å²) in [6, 6.07) is 7.30. The molecule has 0 saturated heterocycles. The Morgan fingerprint density at radius 1 is 0.857 bits per heavy atom. The van der Waals surface area contributed by atoms with Gasteiger partial charge in [0.1, 0.15) is 5.52 Å². The predicted octanol–water partition coefficient (Wildman–Crippen LogP) is 4.98. The lowest BCUT2D eigenvalue weighted by atomic mass is 9.83. The van der Waals surface area contributed by atoms with Gasteiger partial charge in [-0.15, -0.1) is 5.10 Å². The van der Waals surface area contributed by atoms with Crippen LogP contribution >= 0.6 is 0 Å². The molecule has 1 aromatic heterocycles. The zero-order valence-electron chi connectivity index (χ0n) is 12.8. The fourth-order valence-corrected chi connectivity index (χ4v) is 4.32. The summed E-state index contributed by atoms with van der Waals surface area (Å²) in [6.07, 6.45) is 13.4. The molecule has 112 valence electrons. The maximum absolute atomic E-state index is 4.58. The number of rotatable bonds is 2. The molecule has 2 aliphatic carbocycles. The first-order chi connectivity index (χ1) is 10.4. The topological polar surface area (TPSA) is 30.7 Å². The van der Waals surface area contributed by atoms with Gasteiger partial charge in [-0.05, 0) is 43.2 Å². The zero-order chi connectivity index (χ0) is 14.1. The molecule has 3 nitrogen and oxygen atoms in total. The number of aromatic nitrogens is 3. The Morgan fingerprint density at radius 2 is 1.57 bits per heavy atom. The van der Waals surface area contributed by atoms with Gasteiger partial charge in [0.25, 0.3) is 0 Å². The minimum Gasteiger partial charge on any atom is -0.242 e. The predicted molar refractivity (Wildman–Crippen MR) is 85.5 cm³/mol. The number of benzene rings is 1. The lowest BCUT2D eigenvalue weighted by Crippen LogP contribution is -2.14. The lowest BCUT2D eigenvalue weighted by Gasteiger charge is -2.23. The fraction of sp³-hybridized carbons (Fsp3) is 0.667. The van der Waals surface area contributed by atoms with Crippen molar-refractivity contribution in [1.29, 1.82) is 0 Å². The van der Waals surface area contributed by atoms with E-state index >= 15 is 0 Å². The average molecular weight is 283 g/mol. The van der Waals surface area contributed by atoms with Crippen LogP contribution in [0.25, 0.3) is 11.0 Å². The van der Waals surface area contributed by atoms with Crippen molar-refractivity contribution in [1.82, 2.24) is 15.0 Å². The zero-order valence-corrected chi connectivity index (χ0v) is 12.8. The van der Waals surface area contributed by atoms with Crippen molar-refractivity contribution in [3.05, 3.63) is 23.8 Å². The number of nitrogens with zero attached hydrogens (tertiary/aromatic N) is 3. The Morgan fingerprint density at radius 3 is 2.33 bits per heavy atom. The molecular weight excluding hydrogens is 258 g/mol. The molecular formula is C18H25N3. The standard InChI is InChI=1S/C18H25N3/c1-3-8-14(9-4-1)16-12-7-13-17-18(16)19-20-21(17)15-10-5-2-6-11-15/h7,12-15H,1-6,8-11H2. The molecule has 0 amide bonds. The maximum atomic E-state index is 4.58. The Hall–Kier alpha value is -1.38. The first-order valence-electron chi connectivity index (χ1n) is 8.77. The fourth-order valence-electron chi connectivity index (χ4n) is 4.32. The van der Waals surface area contributed by atoms with Crippen LogP contribution in [0.4, 0.5) is 0 Å². The minimum absolute atomic E-state index is 0.574. The molecule has 21 heavy (non-hydrogen) atoms. The van der Waals surface area contributed by atoms with Crippen LogP contribution in [-0.4, -0.2) is 15.0 Å². The van der Waals surface area contributed by atoms with Crippen molar-refractivity contribution in [2.24, 2.45) is 0 Å². The van der Waals surface area contributed by atoms with Gasteiger partial charge >= 0.3 is 0 Å². The van der Waals surface area contributed by atoms with Crippen LogP contribution in [0.5, 0.6) is 0 Å². The molecule has 2 aromatic rings. The molecule has 1 heterocycles. The van der Waals surface area contributed by atoms with Gasteiger partial charge in [-0.3, -0.25) is 0 Å². The maximum Gasteiger partial charge on any atom is 0.116 e. The van der Waals surface area contributed by atoms with E-state index in [1.54, 1.807) is 0 Å². The summed E-state index contributed by atoms with van der Waals surface area (Å²) in [5, 5.41) is 9.12. The minimum atomic E-state index is 0.574. The van der Waals surface area contributed by atoms with Crippen molar-refractivity contribution in [2.45, 2.75) is 76.2 Å². The van der Waals surface area contributed by atoms with E-state index in [-0.39, 0.29) is 0 Å². The molecule has 0 N–H and O–H groups in total. The first kappa shape index (κ1) is 13.3. The van der Waals surface area contributed by atoms with Gasteiger partial charge in [0.2, 0.25) is 0 Å². The van der Waals surface area contributed by atoms with E-state index in [1.165, 1.54) is 80.8 Å². The van der Waals surface area contributed by atoms with E-state index in [0.29, 0.717) is 12.0 Å². The van der Waals surface area contributed by atoms with Crippen molar-refractivity contribution in [3.8, 4) is 0 Å². The summed E-state index contributed by atoms with van der Waals surface area (Å²) in [5.41, 5.74) is 3.90. The highest BCUT2D eigenvalue weighted by atomic mass is 15.4. The van der Waals surface area contributed by atoms with E-state index in [4.69, 9.17) is 0 Å². The van der Waals surface area contributed by atoms with Crippen molar-refractivity contribution in [3.63, 3.8) is 0 Å². The molecule has 0 aliphatic heterocycles. The SMILES string of the molecule is c1cc(C2CCCCC2)c2nnn(C3CCCCC3)c2c1. The Kier molecular flexibility index (Phi) is 3.66. The summed E-state index contributed by atoms with van der Waals surface area (Å²) in [6.45, 7) is 0. The molecule has 4 rings (SSSR count). The van der Waals surface area contributed by atoms with Gasteiger partial charge in [0, 0.05) is 0 Å². The normalized spacial score (nSPS) is 21.9. The molecule has 2 saturated carbocycles. The molecule has 2 aliphatic rings. The Balaban J connectivity index is 1.71. The second kappa shape index (κ2) is 5.78. The molecule has 0 bridgehead atoms. The first-order valence-corrected chi connectivity index (χ1v) is 8.77. The van der Waals surface area contributed by atoms with E-state index in [1.807, 2.05) is 0 Å². The number of hydrogen-bond donors (Lipinski definition) is 0. The molecule has 3 heteroatoms. The van der Waals surface area contributed by atoms with Gasteiger partial charge in [-0.1, -0.05) is 55.9 Å². The smallest absolute Gasteiger partial charge is 0.116 e. The average Bonchev–Trinajstić information content (AvgIpc) is 3.00. The van der Waals surface area contributed by atoms with Crippen LogP contribution in [0.1, 0.15) is 81.7 Å². The third-order valence-corrected chi connectivity index (χ3v) is 5.50. The van der Waals surface area contributed by atoms with Crippen LogP contribution in [0.3, 0.4) is 0 Å². The quantitative estimate of drug-likeness (QED) is 0.777.